The summed E-state index contributed by atoms with van der Waals surface area (Å²) < 4.78 is 12.4. The predicted octanol–water partition coefficient (Wildman–Crippen LogP) is 4.72. The molecule has 1 saturated carbocycles. The van der Waals surface area contributed by atoms with Crippen LogP contribution in [0.25, 0.3) is 0 Å². The number of rotatable bonds is 6. The molecule has 1 fully saturated rings. The minimum absolute atomic E-state index is 0.103. The van der Waals surface area contributed by atoms with Crippen molar-refractivity contribution in [1.82, 2.24) is 0 Å². The standard InChI is InChI=1S/C19H30O3Si/c1-15(20)19(22-23(5,6)18(2,3)4)12-17(13-19)21-14-16-10-8-7-9-11-16/h7-11,17H,12-14H2,1-6H3. The average molecular weight is 335 g/mol. The van der Waals surface area contributed by atoms with Crippen LogP contribution >= 0.6 is 0 Å². The number of hydrogen-bond acceptors (Lipinski definition) is 3. The molecule has 128 valence electrons. The van der Waals surface area contributed by atoms with E-state index >= 15 is 0 Å². The lowest BCUT2D eigenvalue weighted by atomic mass is 9.75. The lowest BCUT2D eigenvalue weighted by Gasteiger charge is -2.51. The molecule has 0 saturated heterocycles. The summed E-state index contributed by atoms with van der Waals surface area (Å²) in [6.45, 7) is 13.3. The first kappa shape index (κ1) is 18.4. The molecule has 0 unspecified atom stereocenters. The molecule has 0 atom stereocenters. The Kier molecular flexibility index (Phi) is 5.19. The number of Topliss-reactive ketones (excluding diaryl/α,β-unsaturated/α-hetero) is 1. The van der Waals surface area contributed by atoms with Crippen LogP contribution in [0.3, 0.4) is 0 Å². The quantitative estimate of drug-likeness (QED) is 0.706. The van der Waals surface area contributed by atoms with Crippen LogP contribution in [0, 0.1) is 0 Å². The number of carbonyl (C=O) groups is 1. The Morgan fingerprint density at radius 2 is 1.78 bits per heavy atom. The van der Waals surface area contributed by atoms with Crippen molar-refractivity contribution >= 4 is 14.1 Å². The third-order valence-electron chi connectivity index (χ3n) is 5.34. The Morgan fingerprint density at radius 3 is 2.26 bits per heavy atom. The first-order chi connectivity index (χ1) is 10.6. The van der Waals surface area contributed by atoms with E-state index < -0.39 is 13.9 Å². The Bertz CT molecular complexity index is 539. The lowest BCUT2D eigenvalue weighted by Crippen LogP contribution is -2.61. The van der Waals surface area contributed by atoms with Crippen LogP contribution in [0.1, 0.15) is 46.1 Å². The van der Waals surface area contributed by atoms with Gasteiger partial charge in [0.1, 0.15) is 5.60 Å². The summed E-state index contributed by atoms with van der Waals surface area (Å²) in [6, 6.07) is 10.1. The van der Waals surface area contributed by atoms with E-state index in [1.165, 1.54) is 0 Å². The summed E-state index contributed by atoms with van der Waals surface area (Å²) in [5.41, 5.74) is 0.544. The highest BCUT2D eigenvalue weighted by Gasteiger charge is 2.54. The molecule has 2 rings (SSSR count). The summed E-state index contributed by atoms with van der Waals surface area (Å²) in [7, 11) is -1.97. The predicted molar refractivity (Wildman–Crippen MR) is 95.9 cm³/mol. The largest absolute Gasteiger partial charge is 0.404 e. The molecule has 3 nitrogen and oxygen atoms in total. The molecule has 1 aromatic carbocycles. The highest BCUT2D eigenvalue weighted by Crippen LogP contribution is 2.46. The van der Waals surface area contributed by atoms with E-state index in [0.29, 0.717) is 19.4 Å². The van der Waals surface area contributed by atoms with Gasteiger partial charge in [-0.05, 0) is 30.6 Å². The van der Waals surface area contributed by atoms with Gasteiger partial charge in [-0.25, -0.2) is 0 Å². The molecule has 0 N–H and O–H groups in total. The normalized spacial score (nSPS) is 25.0. The van der Waals surface area contributed by atoms with Crippen molar-refractivity contribution < 1.29 is 14.0 Å². The van der Waals surface area contributed by atoms with Crippen LogP contribution in [0.5, 0.6) is 0 Å². The molecular formula is C19H30O3Si. The second-order valence-corrected chi connectivity index (χ2v) is 13.0. The molecule has 0 heterocycles. The van der Waals surface area contributed by atoms with E-state index in [1.54, 1.807) is 6.92 Å². The maximum atomic E-state index is 12.2. The Labute approximate surface area is 141 Å². The molecule has 0 aromatic heterocycles. The molecule has 0 aliphatic heterocycles. The van der Waals surface area contributed by atoms with E-state index in [9.17, 15) is 4.79 Å². The molecule has 1 aliphatic rings. The molecule has 23 heavy (non-hydrogen) atoms. The second kappa shape index (κ2) is 6.50. The van der Waals surface area contributed by atoms with Crippen LogP contribution < -0.4 is 0 Å². The van der Waals surface area contributed by atoms with Gasteiger partial charge in [0, 0.05) is 12.8 Å². The summed E-state index contributed by atoms with van der Waals surface area (Å²) in [6.07, 6.45) is 1.48. The fourth-order valence-corrected chi connectivity index (χ4v) is 4.26. The van der Waals surface area contributed by atoms with Crippen molar-refractivity contribution in [3.05, 3.63) is 35.9 Å². The third-order valence-corrected chi connectivity index (χ3v) is 9.86. The zero-order chi connectivity index (χ0) is 17.3. The minimum atomic E-state index is -1.97. The molecule has 1 aliphatic carbocycles. The molecular weight excluding hydrogens is 304 g/mol. The van der Waals surface area contributed by atoms with Gasteiger partial charge in [0.15, 0.2) is 14.1 Å². The second-order valence-electron chi connectivity index (χ2n) is 8.24. The maximum Gasteiger partial charge on any atom is 0.193 e. The topological polar surface area (TPSA) is 35.5 Å². The summed E-state index contributed by atoms with van der Waals surface area (Å²) in [5.74, 6) is 0.141. The number of ketones is 1. The zero-order valence-electron chi connectivity index (χ0n) is 15.3. The molecule has 0 bridgehead atoms. The van der Waals surface area contributed by atoms with Gasteiger partial charge >= 0.3 is 0 Å². The fraction of sp³-hybridized carbons (Fsp3) is 0.632. The SMILES string of the molecule is CC(=O)C1(O[Si](C)(C)C(C)(C)C)CC(OCc2ccccc2)C1. The van der Waals surface area contributed by atoms with Crippen LogP contribution in [-0.2, 0) is 20.6 Å². The van der Waals surface area contributed by atoms with E-state index in [-0.39, 0.29) is 16.9 Å². The van der Waals surface area contributed by atoms with Gasteiger partial charge in [0.25, 0.3) is 0 Å². The van der Waals surface area contributed by atoms with E-state index in [4.69, 9.17) is 9.16 Å². The first-order valence-electron chi connectivity index (χ1n) is 8.42. The van der Waals surface area contributed by atoms with Crippen LogP contribution in [-0.4, -0.2) is 25.8 Å². The highest BCUT2D eigenvalue weighted by atomic mass is 28.4. The molecule has 1 aromatic rings. The van der Waals surface area contributed by atoms with Gasteiger partial charge in [-0.1, -0.05) is 51.1 Å². The minimum Gasteiger partial charge on any atom is -0.404 e. The van der Waals surface area contributed by atoms with E-state index in [1.807, 2.05) is 18.2 Å². The van der Waals surface area contributed by atoms with Crippen LogP contribution in [0.4, 0.5) is 0 Å². The number of hydrogen-bond donors (Lipinski definition) is 0. The van der Waals surface area contributed by atoms with Crippen molar-refractivity contribution in [3.63, 3.8) is 0 Å². The van der Waals surface area contributed by atoms with Crippen LogP contribution in [0.2, 0.25) is 18.1 Å². The average Bonchev–Trinajstić information content (AvgIpc) is 2.40. The van der Waals surface area contributed by atoms with Crippen molar-refractivity contribution in [2.75, 3.05) is 0 Å². The molecule has 0 radical (unpaired) electrons. The zero-order valence-corrected chi connectivity index (χ0v) is 16.3. The number of carbonyl (C=O) groups excluding carboxylic acids is 1. The fourth-order valence-electron chi connectivity index (χ4n) is 2.67. The van der Waals surface area contributed by atoms with E-state index in [0.717, 1.165) is 5.56 Å². The Morgan fingerprint density at radius 1 is 1.22 bits per heavy atom. The Hall–Kier alpha value is -0.973. The first-order valence-corrected chi connectivity index (χ1v) is 11.3. The van der Waals surface area contributed by atoms with Gasteiger partial charge in [-0.3, -0.25) is 4.79 Å². The number of ether oxygens (including phenoxy) is 1. The van der Waals surface area contributed by atoms with Gasteiger partial charge < -0.3 is 9.16 Å². The van der Waals surface area contributed by atoms with Gasteiger partial charge in [-0.15, -0.1) is 0 Å². The summed E-state index contributed by atoms with van der Waals surface area (Å²) in [4.78, 5) is 12.2. The van der Waals surface area contributed by atoms with Crippen LogP contribution in [0.15, 0.2) is 30.3 Å². The van der Waals surface area contributed by atoms with E-state index in [2.05, 4.69) is 46.0 Å². The van der Waals surface area contributed by atoms with Gasteiger partial charge in [-0.2, -0.15) is 0 Å². The molecule has 0 amide bonds. The van der Waals surface area contributed by atoms with Crippen molar-refractivity contribution in [3.8, 4) is 0 Å². The third kappa shape index (κ3) is 4.11. The lowest BCUT2D eigenvalue weighted by molar-refractivity contribution is -0.164. The van der Waals surface area contributed by atoms with Gasteiger partial charge in [0.2, 0.25) is 0 Å². The monoisotopic (exact) mass is 334 g/mol. The van der Waals surface area contributed by atoms with Crippen molar-refractivity contribution in [2.24, 2.45) is 0 Å². The number of benzene rings is 1. The molecule has 4 heteroatoms. The summed E-state index contributed by atoms with van der Waals surface area (Å²) >= 11 is 0. The maximum absolute atomic E-state index is 12.2. The van der Waals surface area contributed by atoms with Crippen molar-refractivity contribution in [1.29, 1.82) is 0 Å². The summed E-state index contributed by atoms with van der Waals surface area (Å²) in [5, 5.41) is 0.103. The van der Waals surface area contributed by atoms with Crippen molar-refractivity contribution in [2.45, 2.75) is 77.0 Å². The smallest absolute Gasteiger partial charge is 0.193 e. The molecule has 0 spiro atoms. The van der Waals surface area contributed by atoms with Gasteiger partial charge in [0.05, 0.1) is 12.7 Å². The highest BCUT2D eigenvalue weighted by molar-refractivity contribution is 6.74. The Balaban J connectivity index is 1.94.